The molecule has 0 spiro atoms. The Morgan fingerprint density at radius 2 is 2.24 bits per heavy atom. The van der Waals surface area contributed by atoms with Gasteiger partial charge in [-0.15, -0.1) is 0 Å². The quantitative estimate of drug-likeness (QED) is 0.612. The van der Waals surface area contributed by atoms with Gasteiger partial charge in [0.15, 0.2) is 11.5 Å². The van der Waals surface area contributed by atoms with Crippen LogP contribution in [0.2, 0.25) is 0 Å². The predicted octanol–water partition coefficient (Wildman–Crippen LogP) is 2.75. The minimum Gasteiger partial charge on any atom is -0.504 e. The Hall–Kier alpha value is -1.91. The average Bonchev–Trinajstić information content (AvgIpc) is 2.32. The van der Waals surface area contributed by atoms with Gasteiger partial charge in [0.2, 0.25) is 0 Å². The number of carbonyl (C=O) groups excluding carboxylic acids is 1. The standard InChI is InChI=1S/C12H17NO4/c1-3-4-7-17-12(15)13-9-5-6-10(14)11(8-9)16-2/h5-6,8,14H,3-4,7H2,1-2H3,(H,13,15). The Kier molecular flexibility index (Phi) is 5.13. The number of hydrogen-bond acceptors (Lipinski definition) is 4. The van der Waals surface area contributed by atoms with Crippen LogP contribution in [0.4, 0.5) is 10.5 Å². The molecule has 0 fully saturated rings. The number of phenolic OH excluding ortho intramolecular Hbond substituents is 1. The summed E-state index contributed by atoms with van der Waals surface area (Å²) in [7, 11) is 1.44. The predicted molar refractivity (Wildman–Crippen MR) is 64.5 cm³/mol. The lowest BCUT2D eigenvalue weighted by molar-refractivity contribution is 0.160. The Balaban J connectivity index is 2.53. The first-order valence-corrected chi connectivity index (χ1v) is 5.48. The van der Waals surface area contributed by atoms with Crippen molar-refractivity contribution in [1.29, 1.82) is 0 Å². The van der Waals surface area contributed by atoms with E-state index in [2.05, 4.69) is 5.32 Å². The van der Waals surface area contributed by atoms with Gasteiger partial charge < -0.3 is 14.6 Å². The molecule has 0 heterocycles. The Morgan fingerprint density at radius 1 is 1.47 bits per heavy atom. The third-order valence-electron chi connectivity index (χ3n) is 2.16. The summed E-state index contributed by atoms with van der Waals surface area (Å²) in [5, 5.41) is 11.9. The number of benzene rings is 1. The molecule has 0 saturated heterocycles. The molecule has 1 aromatic carbocycles. The van der Waals surface area contributed by atoms with Crippen LogP contribution in [-0.2, 0) is 4.74 Å². The summed E-state index contributed by atoms with van der Waals surface area (Å²) in [6.07, 6.45) is 1.30. The van der Waals surface area contributed by atoms with E-state index in [9.17, 15) is 9.90 Å². The molecular formula is C12H17NO4. The summed E-state index contributed by atoms with van der Waals surface area (Å²) in [6.45, 7) is 2.42. The molecule has 0 atom stereocenters. The van der Waals surface area contributed by atoms with Crippen molar-refractivity contribution in [2.75, 3.05) is 19.0 Å². The van der Waals surface area contributed by atoms with E-state index in [4.69, 9.17) is 9.47 Å². The number of ether oxygens (including phenoxy) is 2. The number of nitrogens with one attached hydrogen (secondary N) is 1. The lowest BCUT2D eigenvalue weighted by Gasteiger charge is -2.08. The van der Waals surface area contributed by atoms with E-state index in [1.54, 1.807) is 6.07 Å². The summed E-state index contributed by atoms with van der Waals surface area (Å²) >= 11 is 0. The van der Waals surface area contributed by atoms with Gasteiger partial charge in [0.25, 0.3) is 0 Å². The van der Waals surface area contributed by atoms with Crippen LogP contribution in [0.5, 0.6) is 11.5 Å². The molecule has 1 rings (SSSR count). The van der Waals surface area contributed by atoms with Crippen LogP contribution in [0.15, 0.2) is 18.2 Å². The third kappa shape index (κ3) is 4.22. The van der Waals surface area contributed by atoms with Gasteiger partial charge in [0.05, 0.1) is 13.7 Å². The first-order chi connectivity index (χ1) is 8.17. The lowest BCUT2D eigenvalue weighted by Crippen LogP contribution is -2.14. The van der Waals surface area contributed by atoms with E-state index in [1.165, 1.54) is 19.2 Å². The number of methoxy groups -OCH3 is 1. The average molecular weight is 239 g/mol. The minimum absolute atomic E-state index is 0.0254. The summed E-state index contributed by atoms with van der Waals surface area (Å²) < 4.78 is 9.86. The highest BCUT2D eigenvalue weighted by Crippen LogP contribution is 2.28. The Labute approximate surface area is 100 Å². The van der Waals surface area contributed by atoms with Crippen molar-refractivity contribution >= 4 is 11.8 Å². The van der Waals surface area contributed by atoms with Crippen LogP contribution < -0.4 is 10.1 Å². The molecule has 94 valence electrons. The van der Waals surface area contributed by atoms with Gasteiger partial charge in [0, 0.05) is 11.8 Å². The highest BCUT2D eigenvalue weighted by Gasteiger charge is 2.06. The SMILES string of the molecule is CCCCOC(=O)Nc1ccc(O)c(OC)c1. The van der Waals surface area contributed by atoms with E-state index in [0.717, 1.165) is 12.8 Å². The molecule has 0 aliphatic heterocycles. The second kappa shape index (κ2) is 6.62. The number of rotatable bonds is 5. The summed E-state index contributed by atoms with van der Waals surface area (Å²) in [5.41, 5.74) is 0.515. The smallest absolute Gasteiger partial charge is 0.411 e. The van der Waals surface area contributed by atoms with Gasteiger partial charge in [-0.3, -0.25) is 5.32 Å². The molecule has 0 unspecified atom stereocenters. The second-order valence-corrected chi connectivity index (χ2v) is 3.50. The van der Waals surface area contributed by atoms with Crippen LogP contribution in [0.1, 0.15) is 19.8 Å². The van der Waals surface area contributed by atoms with Gasteiger partial charge in [-0.25, -0.2) is 4.79 Å². The normalized spacial score (nSPS) is 9.76. The Bertz CT molecular complexity index is 379. The second-order valence-electron chi connectivity index (χ2n) is 3.50. The van der Waals surface area contributed by atoms with E-state index < -0.39 is 6.09 Å². The molecular weight excluding hydrogens is 222 g/mol. The first-order valence-electron chi connectivity index (χ1n) is 5.48. The van der Waals surface area contributed by atoms with Crippen LogP contribution >= 0.6 is 0 Å². The van der Waals surface area contributed by atoms with Crippen molar-refractivity contribution in [2.45, 2.75) is 19.8 Å². The number of anilines is 1. The largest absolute Gasteiger partial charge is 0.504 e. The first kappa shape index (κ1) is 13.2. The van der Waals surface area contributed by atoms with E-state index in [0.29, 0.717) is 18.0 Å². The highest BCUT2D eigenvalue weighted by molar-refractivity contribution is 5.85. The number of amides is 1. The molecule has 0 bridgehead atoms. The monoisotopic (exact) mass is 239 g/mol. The van der Waals surface area contributed by atoms with E-state index >= 15 is 0 Å². The summed E-state index contributed by atoms with van der Waals surface area (Å²) in [5.74, 6) is 0.328. The fourth-order valence-electron chi connectivity index (χ4n) is 1.22. The number of unbranched alkanes of at least 4 members (excludes halogenated alkanes) is 1. The summed E-state index contributed by atoms with van der Waals surface area (Å²) in [6, 6.07) is 4.54. The zero-order chi connectivity index (χ0) is 12.7. The van der Waals surface area contributed by atoms with Gasteiger partial charge in [-0.2, -0.15) is 0 Å². The van der Waals surface area contributed by atoms with Crippen molar-refractivity contribution in [3.8, 4) is 11.5 Å². The third-order valence-corrected chi connectivity index (χ3v) is 2.16. The van der Waals surface area contributed by atoms with Crippen LogP contribution in [-0.4, -0.2) is 24.9 Å². The minimum atomic E-state index is -0.508. The topological polar surface area (TPSA) is 67.8 Å². The fourth-order valence-corrected chi connectivity index (χ4v) is 1.22. The Morgan fingerprint density at radius 3 is 2.88 bits per heavy atom. The molecule has 0 aromatic heterocycles. The summed E-state index contributed by atoms with van der Waals surface area (Å²) in [4.78, 5) is 11.3. The van der Waals surface area contributed by atoms with Crippen molar-refractivity contribution in [1.82, 2.24) is 0 Å². The molecule has 17 heavy (non-hydrogen) atoms. The van der Waals surface area contributed by atoms with Gasteiger partial charge in [-0.05, 0) is 18.6 Å². The molecule has 0 aliphatic rings. The molecule has 0 aliphatic carbocycles. The van der Waals surface area contributed by atoms with Crippen molar-refractivity contribution in [3.05, 3.63) is 18.2 Å². The van der Waals surface area contributed by atoms with Gasteiger partial charge in [-0.1, -0.05) is 13.3 Å². The van der Waals surface area contributed by atoms with Crippen molar-refractivity contribution in [3.63, 3.8) is 0 Å². The van der Waals surface area contributed by atoms with E-state index in [1.807, 2.05) is 6.92 Å². The van der Waals surface area contributed by atoms with Crippen LogP contribution in [0, 0.1) is 0 Å². The zero-order valence-electron chi connectivity index (χ0n) is 10.0. The highest BCUT2D eigenvalue weighted by atomic mass is 16.5. The van der Waals surface area contributed by atoms with Gasteiger partial charge in [0.1, 0.15) is 0 Å². The molecule has 5 heteroatoms. The molecule has 2 N–H and O–H groups in total. The molecule has 1 aromatic rings. The van der Waals surface area contributed by atoms with Crippen molar-refractivity contribution in [2.24, 2.45) is 0 Å². The molecule has 0 radical (unpaired) electrons. The van der Waals surface area contributed by atoms with Crippen LogP contribution in [0.25, 0.3) is 0 Å². The molecule has 5 nitrogen and oxygen atoms in total. The number of aromatic hydroxyl groups is 1. The van der Waals surface area contributed by atoms with Crippen molar-refractivity contribution < 1.29 is 19.4 Å². The maximum absolute atomic E-state index is 11.3. The number of hydrogen-bond donors (Lipinski definition) is 2. The molecule has 0 saturated carbocycles. The maximum Gasteiger partial charge on any atom is 0.411 e. The zero-order valence-corrected chi connectivity index (χ0v) is 10.0. The number of phenols is 1. The van der Waals surface area contributed by atoms with Crippen LogP contribution in [0.3, 0.4) is 0 Å². The number of carbonyl (C=O) groups is 1. The maximum atomic E-state index is 11.3. The van der Waals surface area contributed by atoms with Gasteiger partial charge >= 0.3 is 6.09 Å². The lowest BCUT2D eigenvalue weighted by atomic mass is 10.3. The molecule has 1 amide bonds. The van der Waals surface area contributed by atoms with E-state index in [-0.39, 0.29) is 5.75 Å². The fraction of sp³-hybridized carbons (Fsp3) is 0.417.